The van der Waals surface area contributed by atoms with E-state index in [9.17, 15) is 9.59 Å². The zero-order valence-corrected chi connectivity index (χ0v) is 20.4. The predicted octanol–water partition coefficient (Wildman–Crippen LogP) is 4.96. The maximum absolute atomic E-state index is 13.5. The minimum Gasteiger partial charge on any atom is -0.494 e. The van der Waals surface area contributed by atoms with Gasteiger partial charge in [0.15, 0.2) is 11.5 Å². The molecule has 0 spiro atoms. The van der Waals surface area contributed by atoms with Crippen molar-refractivity contribution in [2.24, 2.45) is 0 Å². The van der Waals surface area contributed by atoms with Crippen LogP contribution in [0.1, 0.15) is 46.9 Å². The molecule has 0 bridgehead atoms. The van der Waals surface area contributed by atoms with Gasteiger partial charge in [0.25, 0.3) is 0 Å². The van der Waals surface area contributed by atoms with Crippen LogP contribution < -0.4 is 19.1 Å². The van der Waals surface area contributed by atoms with E-state index in [0.29, 0.717) is 36.0 Å². The third-order valence-corrected chi connectivity index (χ3v) is 5.97. The maximum atomic E-state index is 13.5. The van der Waals surface area contributed by atoms with Crippen molar-refractivity contribution in [3.63, 3.8) is 0 Å². The summed E-state index contributed by atoms with van der Waals surface area (Å²) in [7, 11) is 3.17. The van der Waals surface area contributed by atoms with E-state index in [1.54, 1.807) is 50.3 Å². The van der Waals surface area contributed by atoms with Crippen molar-refractivity contribution < 1.29 is 28.5 Å². The number of esters is 1. The van der Waals surface area contributed by atoms with Crippen molar-refractivity contribution in [1.29, 1.82) is 0 Å². The van der Waals surface area contributed by atoms with E-state index in [1.807, 2.05) is 43.3 Å². The standard InChI is InChI=1S/C28H29NO6/c1-5-34-22-13-9-18(10-14-22)27-23-17-25(33-4)24(32-3)15-20(23)16-26(30)29(27)21-11-7-19(8-12-21)28(31)35-6-2/h7-15,17,27H,5-6,16H2,1-4H3/t27-/m0/s1. The number of nitrogens with zero attached hydrogens (tertiary/aromatic N) is 1. The molecule has 0 saturated heterocycles. The Kier molecular flexibility index (Phi) is 7.25. The molecule has 0 fully saturated rings. The van der Waals surface area contributed by atoms with E-state index in [4.69, 9.17) is 18.9 Å². The van der Waals surface area contributed by atoms with Gasteiger partial charge in [-0.05, 0) is 79.1 Å². The summed E-state index contributed by atoms with van der Waals surface area (Å²) in [4.78, 5) is 27.4. The summed E-state index contributed by atoms with van der Waals surface area (Å²) in [5, 5.41) is 0. The van der Waals surface area contributed by atoms with Crippen molar-refractivity contribution in [3.05, 3.63) is 82.9 Å². The molecule has 0 N–H and O–H groups in total. The normalized spacial score (nSPS) is 14.8. The zero-order valence-electron chi connectivity index (χ0n) is 20.4. The Morgan fingerprint density at radius 2 is 1.57 bits per heavy atom. The van der Waals surface area contributed by atoms with Crippen molar-refractivity contribution in [1.82, 2.24) is 0 Å². The third-order valence-electron chi connectivity index (χ3n) is 5.97. The lowest BCUT2D eigenvalue weighted by Gasteiger charge is -2.38. The van der Waals surface area contributed by atoms with Gasteiger partial charge in [-0.3, -0.25) is 4.79 Å². The molecule has 7 heteroatoms. The lowest BCUT2D eigenvalue weighted by molar-refractivity contribution is -0.118. The van der Waals surface area contributed by atoms with Crippen LogP contribution in [0.2, 0.25) is 0 Å². The van der Waals surface area contributed by atoms with Crippen LogP contribution in [-0.4, -0.2) is 39.3 Å². The molecule has 0 aliphatic carbocycles. The highest BCUT2D eigenvalue weighted by Gasteiger charge is 2.36. The van der Waals surface area contributed by atoms with Crippen molar-refractivity contribution in [2.45, 2.75) is 26.3 Å². The van der Waals surface area contributed by atoms with E-state index >= 15 is 0 Å². The van der Waals surface area contributed by atoms with Crippen molar-refractivity contribution in [3.8, 4) is 17.2 Å². The average molecular weight is 476 g/mol. The van der Waals surface area contributed by atoms with Gasteiger partial charge in [-0.25, -0.2) is 4.79 Å². The van der Waals surface area contributed by atoms with E-state index < -0.39 is 12.0 Å². The van der Waals surface area contributed by atoms with Crippen molar-refractivity contribution in [2.75, 3.05) is 32.3 Å². The Bertz CT molecular complexity index is 1200. The molecule has 1 amide bonds. The summed E-state index contributed by atoms with van der Waals surface area (Å²) < 4.78 is 21.8. The number of methoxy groups -OCH3 is 2. The summed E-state index contributed by atoms with van der Waals surface area (Å²) in [5.74, 6) is 1.48. The predicted molar refractivity (Wildman–Crippen MR) is 133 cm³/mol. The first-order chi connectivity index (χ1) is 17.0. The van der Waals surface area contributed by atoms with Crippen LogP contribution in [0.4, 0.5) is 5.69 Å². The molecule has 4 rings (SSSR count). The number of hydrogen-bond donors (Lipinski definition) is 0. The van der Waals surface area contributed by atoms with E-state index in [1.165, 1.54) is 0 Å². The fourth-order valence-electron chi connectivity index (χ4n) is 4.38. The van der Waals surface area contributed by atoms with Crippen LogP contribution >= 0.6 is 0 Å². The van der Waals surface area contributed by atoms with Crippen LogP contribution in [0.5, 0.6) is 17.2 Å². The molecule has 0 aromatic heterocycles. The number of anilines is 1. The third kappa shape index (κ3) is 4.80. The van der Waals surface area contributed by atoms with Gasteiger partial charge in [0.1, 0.15) is 5.75 Å². The second-order valence-electron chi connectivity index (χ2n) is 8.02. The Labute approximate surface area is 205 Å². The maximum Gasteiger partial charge on any atom is 0.338 e. The van der Waals surface area contributed by atoms with Gasteiger partial charge in [0.2, 0.25) is 5.91 Å². The van der Waals surface area contributed by atoms with Gasteiger partial charge < -0.3 is 23.8 Å². The molecular formula is C28H29NO6. The number of benzene rings is 3. The van der Waals surface area contributed by atoms with E-state index in [0.717, 1.165) is 22.4 Å². The lowest BCUT2D eigenvalue weighted by atomic mass is 9.86. The number of rotatable bonds is 8. The second kappa shape index (κ2) is 10.5. The van der Waals surface area contributed by atoms with Crippen LogP contribution in [0.25, 0.3) is 0 Å². The minimum atomic E-state index is -0.407. The SMILES string of the molecule is CCOC(=O)c1ccc(N2C(=O)Cc3cc(OC)c(OC)cc3[C@@H]2c2ccc(OCC)cc2)cc1. The number of ether oxygens (including phenoxy) is 4. The molecule has 1 aliphatic heterocycles. The van der Waals surface area contributed by atoms with E-state index in [2.05, 4.69) is 0 Å². The monoisotopic (exact) mass is 475 g/mol. The zero-order chi connectivity index (χ0) is 24.9. The number of carbonyl (C=O) groups is 2. The second-order valence-corrected chi connectivity index (χ2v) is 8.02. The molecule has 1 heterocycles. The number of amides is 1. The number of carbonyl (C=O) groups excluding carboxylic acids is 2. The smallest absolute Gasteiger partial charge is 0.338 e. The summed E-state index contributed by atoms with van der Waals surface area (Å²) >= 11 is 0. The number of hydrogen-bond acceptors (Lipinski definition) is 6. The first-order valence-electron chi connectivity index (χ1n) is 11.6. The molecule has 3 aromatic carbocycles. The average Bonchev–Trinajstić information content (AvgIpc) is 2.88. The highest BCUT2D eigenvalue weighted by atomic mass is 16.5. The molecule has 1 aliphatic rings. The number of fused-ring (bicyclic) bond motifs is 1. The van der Waals surface area contributed by atoms with Crippen LogP contribution in [0, 0.1) is 0 Å². The molecule has 0 saturated carbocycles. The van der Waals surface area contributed by atoms with E-state index in [-0.39, 0.29) is 12.3 Å². The van der Waals surface area contributed by atoms with Gasteiger partial charge in [-0.2, -0.15) is 0 Å². The molecule has 0 unspecified atom stereocenters. The molecule has 182 valence electrons. The highest BCUT2D eigenvalue weighted by molar-refractivity contribution is 5.99. The first-order valence-corrected chi connectivity index (χ1v) is 11.6. The van der Waals surface area contributed by atoms with Crippen LogP contribution in [0.3, 0.4) is 0 Å². The Morgan fingerprint density at radius 3 is 2.17 bits per heavy atom. The van der Waals surface area contributed by atoms with Crippen molar-refractivity contribution >= 4 is 17.6 Å². The molecule has 1 atom stereocenters. The Hall–Kier alpha value is -4.00. The topological polar surface area (TPSA) is 74.3 Å². The molecular weight excluding hydrogens is 446 g/mol. The fourth-order valence-corrected chi connectivity index (χ4v) is 4.38. The lowest BCUT2D eigenvalue weighted by Crippen LogP contribution is -2.41. The summed E-state index contributed by atoms with van der Waals surface area (Å²) in [6.07, 6.45) is 0.211. The van der Waals surface area contributed by atoms with Gasteiger partial charge in [0, 0.05) is 5.69 Å². The summed E-state index contributed by atoms with van der Waals surface area (Å²) in [6.45, 7) is 4.57. The molecule has 35 heavy (non-hydrogen) atoms. The fraction of sp³-hybridized carbons (Fsp3) is 0.286. The van der Waals surface area contributed by atoms with Gasteiger partial charge >= 0.3 is 5.97 Å². The van der Waals surface area contributed by atoms with Gasteiger partial charge in [-0.1, -0.05) is 12.1 Å². The molecule has 7 nitrogen and oxygen atoms in total. The van der Waals surface area contributed by atoms with Crippen LogP contribution in [-0.2, 0) is 16.0 Å². The molecule has 3 aromatic rings. The largest absolute Gasteiger partial charge is 0.494 e. The Morgan fingerprint density at radius 1 is 0.914 bits per heavy atom. The summed E-state index contributed by atoms with van der Waals surface area (Å²) in [6, 6.07) is 18.0. The summed E-state index contributed by atoms with van der Waals surface area (Å²) in [5.41, 5.74) is 3.86. The highest BCUT2D eigenvalue weighted by Crippen LogP contribution is 2.43. The van der Waals surface area contributed by atoms with Gasteiger partial charge in [-0.15, -0.1) is 0 Å². The first kappa shape index (κ1) is 24.1. The quantitative estimate of drug-likeness (QED) is 0.429. The molecule has 0 radical (unpaired) electrons. The minimum absolute atomic E-state index is 0.0625. The van der Waals surface area contributed by atoms with Gasteiger partial charge in [0.05, 0.1) is 45.5 Å². The van der Waals surface area contributed by atoms with Crippen LogP contribution in [0.15, 0.2) is 60.7 Å². The Balaban J connectivity index is 1.83.